The summed E-state index contributed by atoms with van der Waals surface area (Å²) in [5, 5.41) is 0. The standard InChI is InChI=1S/C14H19NO4S/c1-10-9-19-11(2)8-15(10)14(16)12-4-6-13(7-5-12)20(3,17)18/h4-7,10-11H,8-9H2,1-3H3. The van der Waals surface area contributed by atoms with E-state index < -0.39 is 9.84 Å². The molecular formula is C14H19NO4S. The number of ether oxygens (including phenoxy) is 1. The molecule has 6 heteroatoms. The normalized spacial score (nSPS) is 23.6. The van der Waals surface area contributed by atoms with Gasteiger partial charge in [0.25, 0.3) is 5.91 Å². The zero-order valence-corrected chi connectivity index (χ0v) is 12.7. The third-order valence-corrected chi connectivity index (χ3v) is 4.53. The minimum absolute atomic E-state index is 0.0189. The van der Waals surface area contributed by atoms with Crippen LogP contribution in [0.1, 0.15) is 24.2 Å². The van der Waals surface area contributed by atoms with Crippen molar-refractivity contribution in [2.75, 3.05) is 19.4 Å². The van der Waals surface area contributed by atoms with Gasteiger partial charge in [-0.2, -0.15) is 0 Å². The molecule has 1 amide bonds. The summed E-state index contributed by atoms with van der Waals surface area (Å²) in [5.41, 5.74) is 0.498. The van der Waals surface area contributed by atoms with Gasteiger partial charge in [-0.1, -0.05) is 0 Å². The van der Waals surface area contributed by atoms with E-state index in [4.69, 9.17) is 4.74 Å². The van der Waals surface area contributed by atoms with Crippen LogP contribution in [-0.4, -0.2) is 50.8 Å². The first kappa shape index (κ1) is 15.0. The summed E-state index contributed by atoms with van der Waals surface area (Å²) in [6, 6.07) is 6.08. The Kier molecular flexibility index (Phi) is 4.15. The van der Waals surface area contributed by atoms with Gasteiger partial charge in [-0.3, -0.25) is 4.79 Å². The molecule has 1 aromatic rings. The average Bonchev–Trinajstić information content (AvgIpc) is 2.40. The van der Waals surface area contributed by atoms with Crippen molar-refractivity contribution >= 4 is 15.7 Å². The van der Waals surface area contributed by atoms with Crippen molar-refractivity contribution in [1.82, 2.24) is 4.90 Å². The lowest BCUT2D eigenvalue weighted by Gasteiger charge is -2.36. The van der Waals surface area contributed by atoms with E-state index in [2.05, 4.69) is 0 Å². The number of carbonyl (C=O) groups is 1. The van der Waals surface area contributed by atoms with Crippen molar-refractivity contribution in [2.24, 2.45) is 0 Å². The van der Waals surface area contributed by atoms with Crippen LogP contribution >= 0.6 is 0 Å². The highest BCUT2D eigenvalue weighted by atomic mass is 32.2. The van der Waals surface area contributed by atoms with E-state index >= 15 is 0 Å². The van der Waals surface area contributed by atoms with Crippen LogP contribution in [0.5, 0.6) is 0 Å². The molecule has 0 bridgehead atoms. The Morgan fingerprint density at radius 1 is 1.25 bits per heavy atom. The lowest BCUT2D eigenvalue weighted by molar-refractivity contribution is -0.0387. The second kappa shape index (κ2) is 5.54. The molecule has 2 unspecified atom stereocenters. The number of hydrogen-bond acceptors (Lipinski definition) is 4. The zero-order chi connectivity index (χ0) is 14.9. The molecule has 5 nitrogen and oxygen atoms in total. The van der Waals surface area contributed by atoms with Gasteiger partial charge in [0.05, 0.1) is 23.6 Å². The van der Waals surface area contributed by atoms with Gasteiger partial charge in [-0.15, -0.1) is 0 Å². The monoisotopic (exact) mass is 297 g/mol. The molecule has 0 spiro atoms. The topological polar surface area (TPSA) is 63.7 Å². The molecular weight excluding hydrogens is 278 g/mol. The van der Waals surface area contributed by atoms with Gasteiger partial charge < -0.3 is 9.64 Å². The lowest BCUT2D eigenvalue weighted by Crippen LogP contribution is -2.50. The molecule has 1 heterocycles. The van der Waals surface area contributed by atoms with Crippen LogP contribution in [0.3, 0.4) is 0 Å². The first-order chi connectivity index (χ1) is 9.29. The molecule has 1 aromatic carbocycles. The smallest absolute Gasteiger partial charge is 0.254 e. The largest absolute Gasteiger partial charge is 0.375 e. The molecule has 1 aliphatic heterocycles. The van der Waals surface area contributed by atoms with E-state index in [1.807, 2.05) is 13.8 Å². The Labute approximate surface area is 119 Å². The molecule has 0 aliphatic carbocycles. The summed E-state index contributed by atoms with van der Waals surface area (Å²) in [6.45, 7) is 4.94. The quantitative estimate of drug-likeness (QED) is 0.826. The highest BCUT2D eigenvalue weighted by Crippen LogP contribution is 2.17. The lowest BCUT2D eigenvalue weighted by atomic mass is 10.1. The van der Waals surface area contributed by atoms with E-state index in [1.54, 1.807) is 17.0 Å². The van der Waals surface area contributed by atoms with Crippen molar-refractivity contribution in [3.05, 3.63) is 29.8 Å². The van der Waals surface area contributed by atoms with Gasteiger partial charge in [0.2, 0.25) is 0 Å². The number of carbonyl (C=O) groups excluding carboxylic acids is 1. The molecule has 0 saturated carbocycles. The zero-order valence-electron chi connectivity index (χ0n) is 11.9. The predicted octanol–water partition coefficient (Wildman–Crippen LogP) is 1.34. The Hall–Kier alpha value is -1.40. The summed E-state index contributed by atoms with van der Waals surface area (Å²) in [6.07, 6.45) is 1.17. The molecule has 2 rings (SSSR count). The predicted molar refractivity (Wildman–Crippen MR) is 75.5 cm³/mol. The number of benzene rings is 1. The van der Waals surface area contributed by atoms with Gasteiger partial charge in [0.1, 0.15) is 0 Å². The summed E-state index contributed by atoms with van der Waals surface area (Å²) < 4.78 is 28.3. The summed E-state index contributed by atoms with van der Waals surface area (Å²) >= 11 is 0. The van der Waals surface area contributed by atoms with Crippen molar-refractivity contribution in [3.8, 4) is 0 Å². The first-order valence-corrected chi connectivity index (χ1v) is 8.41. The van der Waals surface area contributed by atoms with Crippen LogP contribution in [0.25, 0.3) is 0 Å². The fraction of sp³-hybridized carbons (Fsp3) is 0.500. The van der Waals surface area contributed by atoms with Crippen molar-refractivity contribution in [2.45, 2.75) is 30.9 Å². The van der Waals surface area contributed by atoms with Gasteiger partial charge in [0, 0.05) is 18.4 Å². The van der Waals surface area contributed by atoms with E-state index in [0.717, 1.165) is 6.26 Å². The first-order valence-electron chi connectivity index (χ1n) is 6.51. The fourth-order valence-electron chi connectivity index (χ4n) is 2.20. The molecule has 20 heavy (non-hydrogen) atoms. The molecule has 110 valence electrons. The average molecular weight is 297 g/mol. The maximum Gasteiger partial charge on any atom is 0.254 e. The van der Waals surface area contributed by atoms with E-state index in [-0.39, 0.29) is 22.9 Å². The van der Waals surface area contributed by atoms with E-state index in [9.17, 15) is 13.2 Å². The second-order valence-electron chi connectivity index (χ2n) is 5.25. The summed E-state index contributed by atoms with van der Waals surface area (Å²) in [5.74, 6) is -0.0901. The molecule has 0 radical (unpaired) electrons. The van der Waals surface area contributed by atoms with Crippen LogP contribution in [0.4, 0.5) is 0 Å². The summed E-state index contributed by atoms with van der Waals surface area (Å²) in [7, 11) is -3.23. The van der Waals surface area contributed by atoms with Crippen LogP contribution in [0.2, 0.25) is 0 Å². The van der Waals surface area contributed by atoms with Crippen LogP contribution in [0, 0.1) is 0 Å². The van der Waals surface area contributed by atoms with Crippen molar-refractivity contribution in [3.63, 3.8) is 0 Å². The maximum atomic E-state index is 12.4. The van der Waals surface area contributed by atoms with Crippen LogP contribution in [-0.2, 0) is 14.6 Å². The van der Waals surface area contributed by atoms with Crippen LogP contribution in [0.15, 0.2) is 29.2 Å². The SMILES string of the molecule is CC1CN(C(=O)c2ccc(S(C)(=O)=O)cc2)C(C)CO1. The highest BCUT2D eigenvalue weighted by Gasteiger charge is 2.28. The number of rotatable bonds is 2. The molecule has 1 aliphatic rings. The minimum Gasteiger partial charge on any atom is -0.375 e. The molecule has 0 N–H and O–H groups in total. The number of hydrogen-bond donors (Lipinski definition) is 0. The molecule has 1 fully saturated rings. The van der Waals surface area contributed by atoms with Gasteiger partial charge in [0.15, 0.2) is 9.84 Å². The number of amides is 1. The second-order valence-corrected chi connectivity index (χ2v) is 7.26. The Morgan fingerprint density at radius 2 is 1.85 bits per heavy atom. The van der Waals surface area contributed by atoms with Crippen molar-refractivity contribution in [1.29, 1.82) is 0 Å². The maximum absolute atomic E-state index is 12.4. The van der Waals surface area contributed by atoms with Gasteiger partial charge >= 0.3 is 0 Å². The number of sulfone groups is 1. The van der Waals surface area contributed by atoms with Crippen LogP contribution < -0.4 is 0 Å². The molecule has 0 aromatic heterocycles. The van der Waals surface area contributed by atoms with Gasteiger partial charge in [-0.05, 0) is 38.1 Å². The Bertz CT molecular complexity index is 594. The third-order valence-electron chi connectivity index (χ3n) is 3.40. The van der Waals surface area contributed by atoms with E-state index in [1.165, 1.54) is 12.1 Å². The minimum atomic E-state index is -3.23. The van der Waals surface area contributed by atoms with Crippen molar-refractivity contribution < 1.29 is 17.9 Å². The van der Waals surface area contributed by atoms with Gasteiger partial charge in [-0.25, -0.2) is 8.42 Å². The number of nitrogens with zero attached hydrogens (tertiary/aromatic N) is 1. The molecule has 1 saturated heterocycles. The highest BCUT2D eigenvalue weighted by molar-refractivity contribution is 7.90. The Morgan fingerprint density at radius 3 is 2.40 bits per heavy atom. The number of morpholine rings is 1. The summed E-state index contributed by atoms with van der Waals surface area (Å²) in [4.78, 5) is 14.4. The van der Waals surface area contributed by atoms with E-state index in [0.29, 0.717) is 18.7 Å². The molecule has 2 atom stereocenters. The fourth-order valence-corrected chi connectivity index (χ4v) is 2.83. The third kappa shape index (κ3) is 3.19. The Balaban J connectivity index is 2.21.